The van der Waals surface area contributed by atoms with Crippen LogP contribution < -0.4 is 11.1 Å². The molecule has 2 heterocycles. The van der Waals surface area contributed by atoms with Gasteiger partial charge in [-0.2, -0.15) is 0 Å². The molecule has 1 aromatic rings. The number of nitrogens with two attached hydrogens (primary N) is 1. The number of likely N-dealkylation sites (tertiary alicyclic amines) is 1. The summed E-state index contributed by atoms with van der Waals surface area (Å²) < 4.78 is 0. The van der Waals surface area contributed by atoms with Crippen LogP contribution >= 0.6 is 0 Å². The molecule has 1 aromatic carbocycles. The third-order valence-corrected chi connectivity index (χ3v) is 4.25. The van der Waals surface area contributed by atoms with E-state index < -0.39 is 0 Å². The van der Waals surface area contributed by atoms with Crippen LogP contribution in [0.3, 0.4) is 0 Å². The van der Waals surface area contributed by atoms with Crippen LogP contribution in [-0.2, 0) is 0 Å². The quantitative estimate of drug-likeness (QED) is 0.728. The number of hydrogen-bond acceptors (Lipinski definition) is 3. The molecule has 2 aliphatic heterocycles. The van der Waals surface area contributed by atoms with Gasteiger partial charge in [0.1, 0.15) is 0 Å². The van der Waals surface area contributed by atoms with E-state index in [1.807, 2.05) is 23.1 Å². The summed E-state index contributed by atoms with van der Waals surface area (Å²) in [4.78, 5) is 14.4. The maximum atomic E-state index is 12.4. The molecule has 0 saturated carbocycles. The predicted octanol–water partition coefficient (Wildman–Crippen LogP) is 1.09. The van der Waals surface area contributed by atoms with Crippen LogP contribution in [0.5, 0.6) is 0 Å². The third-order valence-electron chi connectivity index (χ3n) is 4.25. The highest BCUT2D eigenvalue weighted by molar-refractivity contribution is 5.99. The topological polar surface area (TPSA) is 58.4 Å². The van der Waals surface area contributed by atoms with Crippen LogP contribution in [0.15, 0.2) is 24.3 Å². The molecule has 1 unspecified atom stereocenters. The molecule has 0 aromatic heterocycles. The number of carbonyl (C=O) groups is 1. The number of anilines is 1. The van der Waals surface area contributed by atoms with Crippen molar-refractivity contribution < 1.29 is 4.79 Å². The molecule has 1 atom stereocenters. The summed E-state index contributed by atoms with van der Waals surface area (Å²) in [5.41, 5.74) is 7.41. The molecular weight excluding hydrogens is 226 g/mol. The van der Waals surface area contributed by atoms with Crippen LogP contribution in [0.25, 0.3) is 0 Å². The van der Waals surface area contributed by atoms with Crippen molar-refractivity contribution in [3.05, 3.63) is 29.8 Å². The first-order valence-corrected chi connectivity index (χ1v) is 6.55. The average molecular weight is 245 g/mol. The molecule has 1 spiro atoms. The van der Waals surface area contributed by atoms with E-state index in [-0.39, 0.29) is 5.91 Å². The predicted molar refractivity (Wildman–Crippen MR) is 71.3 cm³/mol. The standard InChI is InChI=1S/C14H19N3O/c15-12-4-2-1-3-11(12)13(18)17-8-6-14(10-17)5-7-16-9-14/h1-4,16H,5-10,15H2. The van der Waals surface area contributed by atoms with E-state index in [1.54, 1.807) is 6.07 Å². The minimum Gasteiger partial charge on any atom is -0.398 e. The lowest BCUT2D eigenvalue weighted by atomic mass is 9.86. The van der Waals surface area contributed by atoms with Gasteiger partial charge in [0.25, 0.3) is 5.91 Å². The number of hydrogen-bond donors (Lipinski definition) is 2. The SMILES string of the molecule is Nc1ccccc1C(=O)N1CCC2(CCNC2)C1. The molecule has 2 saturated heterocycles. The van der Waals surface area contributed by atoms with Gasteiger partial charge in [-0.15, -0.1) is 0 Å². The monoisotopic (exact) mass is 245 g/mol. The maximum absolute atomic E-state index is 12.4. The van der Waals surface area contributed by atoms with E-state index in [0.717, 1.165) is 32.6 Å². The smallest absolute Gasteiger partial charge is 0.255 e. The lowest BCUT2D eigenvalue weighted by Gasteiger charge is -2.23. The van der Waals surface area contributed by atoms with Crippen molar-refractivity contribution in [2.45, 2.75) is 12.8 Å². The van der Waals surface area contributed by atoms with E-state index in [1.165, 1.54) is 6.42 Å². The zero-order valence-corrected chi connectivity index (χ0v) is 10.5. The molecule has 0 aliphatic carbocycles. The number of rotatable bonds is 1. The molecule has 4 heteroatoms. The number of carbonyl (C=O) groups excluding carboxylic acids is 1. The second-order valence-corrected chi connectivity index (χ2v) is 5.49. The van der Waals surface area contributed by atoms with E-state index in [0.29, 0.717) is 16.7 Å². The Bertz CT molecular complexity index is 466. The van der Waals surface area contributed by atoms with Gasteiger partial charge in [0.05, 0.1) is 5.56 Å². The summed E-state index contributed by atoms with van der Waals surface area (Å²) in [5, 5.41) is 3.40. The lowest BCUT2D eigenvalue weighted by molar-refractivity contribution is 0.0777. The van der Waals surface area contributed by atoms with Gasteiger partial charge in [0, 0.05) is 30.7 Å². The number of nitrogens with zero attached hydrogens (tertiary/aromatic N) is 1. The number of para-hydroxylation sites is 1. The van der Waals surface area contributed by atoms with Crippen molar-refractivity contribution in [2.75, 3.05) is 31.9 Å². The Labute approximate surface area is 107 Å². The number of nitrogen functional groups attached to an aromatic ring is 1. The molecule has 0 bridgehead atoms. The van der Waals surface area contributed by atoms with Gasteiger partial charge in [-0.3, -0.25) is 4.79 Å². The molecule has 3 rings (SSSR count). The molecule has 3 N–H and O–H groups in total. The average Bonchev–Trinajstić information content (AvgIpc) is 3.00. The normalized spacial score (nSPS) is 27.0. The highest BCUT2D eigenvalue weighted by Gasteiger charge is 2.42. The first-order valence-electron chi connectivity index (χ1n) is 6.55. The first-order chi connectivity index (χ1) is 8.70. The third kappa shape index (κ3) is 1.86. The molecule has 2 fully saturated rings. The van der Waals surface area contributed by atoms with Gasteiger partial charge in [0.15, 0.2) is 0 Å². The van der Waals surface area contributed by atoms with Crippen LogP contribution in [-0.4, -0.2) is 37.0 Å². The Morgan fingerprint density at radius 1 is 1.33 bits per heavy atom. The van der Waals surface area contributed by atoms with E-state index in [2.05, 4.69) is 5.32 Å². The van der Waals surface area contributed by atoms with Crippen molar-refractivity contribution in [1.82, 2.24) is 10.2 Å². The molecule has 2 aliphatic rings. The fourth-order valence-electron chi connectivity index (χ4n) is 3.11. The van der Waals surface area contributed by atoms with Gasteiger partial charge in [-0.1, -0.05) is 12.1 Å². The number of benzene rings is 1. The molecule has 96 valence electrons. The van der Waals surface area contributed by atoms with Crippen molar-refractivity contribution in [1.29, 1.82) is 0 Å². The van der Waals surface area contributed by atoms with Crippen LogP contribution in [0.4, 0.5) is 5.69 Å². The Morgan fingerprint density at radius 2 is 2.17 bits per heavy atom. The maximum Gasteiger partial charge on any atom is 0.255 e. The number of amides is 1. The van der Waals surface area contributed by atoms with Crippen molar-refractivity contribution in [2.24, 2.45) is 5.41 Å². The van der Waals surface area contributed by atoms with E-state index >= 15 is 0 Å². The summed E-state index contributed by atoms with van der Waals surface area (Å²) in [6, 6.07) is 7.33. The zero-order valence-electron chi connectivity index (χ0n) is 10.5. The van der Waals surface area contributed by atoms with Gasteiger partial charge >= 0.3 is 0 Å². The van der Waals surface area contributed by atoms with Gasteiger partial charge < -0.3 is 16.0 Å². The fraction of sp³-hybridized carbons (Fsp3) is 0.500. The minimum absolute atomic E-state index is 0.0804. The second-order valence-electron chi connectivity index (χ2n) is 5.49. The minimum atomic E-state index is 0.0804. The number of nitrogens with one attached hydrogen (secondary N) is 1. The summed E-state index contributed by atoms with van der Waals surface area (Å²) in [6.45, 7) is 3.85. The largest absolute Gasteiger partial charge is 0.398 e. The van der Waals surface area contributed by atoms with E-state index in [4.69, 9.17) is 5.73 Å². The summed E-state index contributed by atoms with van der Waals surface area (Å²) in [7, 11) is 0. The molecule has 0 radical (unpaired) electrons. The van der Waals surface area contributed by atoms with Crippen molar-refractivity contribution in [3.8, 4) is 0 Å². The van der Waals surface area contributed by atoms with Crippen molar-refractivity contribution >= 4 is 11.6 Å². The van der Waals surface area contributed by atoms with E-state index in [9.17, 15) is 4.79 Å². The summed E-state index contributed by atoms with van der Waals surface area (Å²) >= 11 is 0. The summed E-state index contributed by atoms with van der Waals surface area (Å²) in [6.07, 6.45) is 2.29. The molecule has 4 nitrogen and oxygen atoms in total. The summed E-state index contributed by atoms with van der Waals surface area (Å²) in [5.74, 6) is 0.0804. The lowest BCUT2D eigenvalue weighted by Crippen LogP contribution is -2.33. The highest BCUT2D eigenvalue weighted by Crippen LogP contribution is 2.36. The van der Waals surface area contributed by atoms with Crippen LogP contribution in [0.1, 0.15) is 23.2 Å². The highest BCUT2D eigenvalue weighted by atomic mass is 16.2. The second kappa shape index (κ2) is 4.28. The van der Waals surface area contributed by atoms with Gasteiger partial charge in [0.2, 0.25) is 0 Å². The van der Waals surface area contributed by atoms with Crippen LogP contribution in [0.2, 0.25) is 0 Å². The Kier molecular flexibility index (Phi) is 2.74. The first kappa shape index (κ1) is 11.5. The van der Waals surface area contributed by atoms with Crippen LogP contribution in [0, 0.1) is 5.41 Å². The molecular formula is C14H19N3O. The molecule has 1 amide bonds. The van der Waals surface area contributed by atoms with Crippen molar-refractivity contribution in [3.63, 3.8) is 0 Å². The Hall–Kier alpha value is -1.55. The Balaban J connectivity index is 1.77. The van der Waals surface area contributed by atoms with Gasteiger partial charge in [-0.05, 0) is 31.5 Å². The fourth-order valence-corrected chi connectivity index (χ4v) is 3.11. The zero-order chi connectivity index (χ0) is 12.6. The Morgan fingerprint density at radius 3 is 2.89 bits per heavy atom. The molecule has 18 heavy (non-hydrogen) atoms. The van der Waals surface area contributed by atoms with Gasteiger partial charge in [-0.25, -0.2) is 0 Å².